The van der Waals surface area contributed by atoms with E-state index in [4.69, 9.17) is 0 Å². The lowest BCUT2D eigenvalue weighted by Crippen LogP contribution is -2.15. The van der Waals surface area contributed by atoms with Gasteiger partial charge in [0.05, 0.1) is 25.0 Å². The Morgan fingerprint density at radius 1 is 0.538 bits per heavy atom. The van der Waals surface area contributed by atoms with Crippen molar-refractivity contribution in [2.45, 2.75) is 0 Å². The minimum Gasteiger partial charge on any atom is -0.333 e. The van der Waals surface area contributed by atoms with Gasteiger partial charge in [-0.1, -0.05) is 0 Å². The summed E-state index contributed by atoms with van der Waals surface area (Å²) in [7, 11) is 2.53. The number of hydrogen-bond acceptors (Lipinski definition) is 10. The molecule has 0 aromatic heterocycles. The Balaban J connectivity index is -0.0000000482. The lowest BCUT2D eigenvalue weighted by atomic mass is 11.6. The lowest BCUT2D eigenvalue weighted by Gasteiger charge is -1.85. The van der Waals surface area contributed by atoms with Crippen molar-refractivity contribution < 1.29 is 33.7 Å². The molecule has 0 saturated heterocycles. The normalized spacial score (nSPS) is 10.3. The molecule has 0 saturated carbocycles. The predicted molar refractivity (Wildman–Crippen MR) is 109 cm³/mol. The number of hydrogen-bond donors (Lipinski definition) is 4. The Bertz CT molecular complexity index is 613. The summed E-state index contributed by atoms with van der Waals surface area (Å²) in [4.78, 5) is 0. The second-order valence-corrected chi connectivity index (χ2v) is 13.3. The van der Waals surface area contributed by atoms with Crippen LogP contribution in [0.15, 0.2) is 0 Å². The van der Waals surface area contributed by atoms with Crippen LogP contribution < -0.4 is 20.9 Å². The Kier molecular flexibility index (Phi) is 33.8. The van der Waals surface area contributed by atoms with Crippen LogP contribution in [0.1, 0.15) is 0 Å². The zero-order valence-electron chi connectivity index (χ0n) is 15.8. The van der Waals surface area contributed by atoms with Gasteiger partial charge >= 0.3 is 0 Å². The number of halogens is 2. The fourth-order valence-corrected chi connectivity index (χ4v) is 0. The van der Waals surface area contributed by atoms with E-state index in [1.807, 2.05) is 0 Å². The zero-order chi connectivity index (χ0) is 23.4. The van der Waals surface area contributed by atoms with Crippen LogP contribution in [0.25, 0.3) is 0 Å². The summed E-state index contributed by atoms with van der Waals surface area (Å²) in [6, 6.07) is 0. The molecule has 12 nitrogen and oxygen atoms in total. The zero-order valence-corrected chi connectivity index (χ0v) is 20.6. The van der Waals surface area contributed by atoms with Gasteiger partial charge in [-0.25, -0.2) is 43.1 Å². The number of nitrogens with one attached hydrogen (secondary N) is 2. The van der Waals surface area contributed by atoms with Gasteiger partial charge in [-0.05, 0) is 28.2 Å². The first-order valence-electron chi connectivity index (χ1n) is 5.84. The fraction of sp³-hybridized carbons (Fsp3) is 1.00. The van der Waals surface area contributed by atoms with E-state index in [2.05, 4.69) is 42.3 Å². The van der Waals surface area contributed by atoms with Gasteiger partial charge in [0.2, 0.25) is 38.1 Å². The van der Waals surface area contributed by atoms with Crippen molar-refractivity contribution in [1.29, 1.82) is 0 Å². The first-order valence-corrected chi connectivity index (χ1v) is 15.1. The molecule has 0 fully saturated rings. The van der Waals surface area contributed by atoms with Crippen molar-refractivity contribution in [2.24, 2.45) is 11.5 Å². The van der Waals surface area contributed by atoms with Crippen LogP contribution >= 0.6 is 21.4 Å². The van der Waals surface area contributed by atoms with E-state index in [1.165, 1.54) is 28.2 Å². The van der Waals surface area contributed by atoms with E-state index in [0.29, 0.717) is 0 Å². The molecule has 0 aliphatic rings. The van der Waals surface area contributed by atoms with Gasteiger partial charge in [0, 0.05) is 21.4 Å². The highest BCUT2D eigenvalue weighted by atomic mass is 35.7. The molecular weight excluding hydrogens is 479 g/mol. The second-order valence-electron chi connectivity index (χ2n) is 3.32. The van der Waals surface area contributed by atoms with Gasteiger partial charge in [-0.15, -0.1) is 0 Å². The van der Waals surface area contributed by atoms with E-state index in [9.17, 15) is 33.7 Å². The molecule has 0 aromatic rings. The Morgan fingerprint density at radius 3 is 0.577 bits per heavy atom. The van der Waals surface area contributed by atoms with Gasteiger partial charge in [-0.2, -0.15) is 0 Å². The van der Waals surface area contributed by atoms with E-state index >= 15 is 0 Å². The molecule has 0 aliphatic carbocycles. The summed E-state index contributed by atoms with van der Waals surface area (Å²) in [5, 5.41) is 0. The van der Waals surface area contributed by atoms with Crippen LogP contribution in [-0.2, 0) is 38.1 Å². The van der Waals surface area contributed by atoms with Crippen LogP contribution in [0.4, 0.5) is 0 Å². The summed E-state index contributed by atoms with van der Waals surface area (Å²) in [6.07, 6.45) is 4.06. The third-order valence-corrected chi connectivity index (χ3v) is 2.22. The summed E-state index contributed by atoms with van der Waals surface area (Å²) < 4.78 is 81.3. The molecule has 0 unspecified atom stereocenters. The molecule has 0 radical (unpaired) electrons. The first kappa shape index (κ1) is 40.8. The van der Waals surface area contributed by atoms with E-state index < -0.39 is 38.1 Å². The van der Waals surface area contributed by atoms with Crippen molar-refractivity contribution in [2.75, 3.05) is 53.2 Å². The van der Waals surface area contributed by atoms with Crippen LogP contribution in [0.2, 0.25) is 0 Å². The summed E-state index contributed by atoms with van der Waals surface area (Å²) >= 11 is 0. The third-order valence-electron chi connectivity index (χ3n) is 0.742. The molecule has 26 heavy (non-hydrogen) atoms. The maximum absolute atomic E-state index is 9.89. The SMILES string of the molecule is CN.CN.CNS(C)(=O)=O.CNS(C)(=O)=O.CS(=O)(=O)Cl.CS(=O)(=O)Cl. The molecule has 18 heteroatoms. The number of rotatable bonds is 2. The largest absolute Gasteiger partial charge is 0.333 e. The highest BCUT2D eigenvalue weighted by Gasteiger charge is 1.88. The van der Waals surface area contributed by atoms with Gasteiger partial charge in [0.1, 0.15) is 0 Å². The quantitative estimate of drug-likeness (QED) is 0.296. The van der Waals surface area contributed by atoms with Crippen molar-refractivity contribution in [3.8, 4) is 0 Å². The molecule has 0 aliphatic heterocycles. The highest BCUT2D eigenvalue weighted by Crippen LogP contribution is 1.84. The molecular formula is C8H30Cl2N4O8S4. The van der Waals surface area contributed by atoms with Crippen molar-refractivity contribution in [1.82, 2.24) is 9.44 Å². The monoisotopic (exact) mass is 508 g/mol. The molecule has 168 valence electrons. The van der Waals surface area contributed by atoms with Crippen molar-refractivity contribution in [3.05, 3.63) is 0 Å². The average molecular weight is 510 g/mol. The van der Waals surface area contributed by atoms with E-state index in [1.54, 1.807) is 0 Å². The van der Waals surface area contributed by atoms with Crippen LogP contribution in [0, 0.1) is 0 Å². The number of sulfonamides is 2. The molecule has 6 N–H and O–H groups in total. The van der Waals surface area contributed by atoms with Gasteiger partial charge in [0.15, 0.2) is 0 Å². The van der Waals surface area contributed by atoms with Gasteiger partial charge in [0.25, 0.3) is 0 Å². The summed E-state index contributed by atoms with van der Waals surface area (Å²) in [5.74, 6) is 0. The minimum absolute atomic E-state index is 0.925. The Hall–Kier alpha value is 0.220. The molecule has 0 atom stereocenters. The molecule has 0 aromatic carbocycles. The fourth-order valence-electron chi connectivity index (χ4n) is 0. The molecule has 0 bridgehead atoms. The Labute approximate surface area is 166 Å². The van der Waals surface area contributed by atoms with Crippen molar-refractivity contribution in [3.63, 3.8) is 0 Å². The van der Waals surface area contributed by atoms with Gasteiger partial charge in [-0.3, -0.25) is 0 Å². The standard InChI is InChI=1S/2C2H7NO2S.2CH3ClO2S.2CH5N/c2*1-3-6(2,4)5;2*1-5(2,3)4;2*1-2/h2*3H,1-2H3;2*1H3;2*2H2,1H3. The molecule has 0 amide bonds. The summed E-state index contributed by atoms with van der Waals surface area (Å²) in [6.45, 7) is 0. The lowest BCUT2D eigenvalue weighted by molar-refractivity contribution is 0.592. The van der Waals surface area contributed by atoms with E-state index in [0.717, 1.165) is 25.0 Å². The average Bonchev–Trinajstić information content (AvgIpc) is 2.39. The maximum Gasteiger partial charge on any atom is 0.229 e. The third kappa shape index (κ3) is 338. The van der Waals surface area contributed by atoms with Crippen LogP contribution in [0.5, 0.6) is 0 Å². The number of nitrogens with two attached hydrogens (primary N) is 2. The molecule has 0 spiro atoms. The molecule has 0 heterocycles. The van der Waals surface area contributed by atoms with Crippen LogP contribution in [0.3, 0.4) is 0 Å². The first-order chi connectivity index (χ1) is 11.1. The van der Waals surface area contributed by atoms with Crippen LogP contribution in [-0.4, -0.2) is 86.9 Å². The van der Waals surface area contributed by atoms with Crippen molar-refractivity contribution >= 4 is 59.5 Å². The topological polar surface area (TPSA) is 213 Å². The predicted octanol–water partition coefficient (Wildman–Crippen LogP) is -2.15. The molecule has 0 rings (SSSR count). The highest BCUT2D eigenvalue weighted by molar-refractivity contribution is 8.13. The van der Waals surface area contributed by atoms with Gasteiger partial charge < -0.3 is 11.5 Å². The second kappa shape index (κ2) is 21.5. The summed E-state index contributed by atoms with van der Waals surface area (Å²) in [5.41, 5.74) is 9.00. The maximum atomic E-state index is 9.89. The Morgan fingerprint density at radius 2 is 0.577 bits per heavy atom. The minimum atomic E-state index is -3.19. The van der Waals surface area contributed by atoms with E-state index in [-0.39, 0.29) is 0 Å². The smallest absolute Gasteiger partial charge is 0.229 e.